The minimum Gasteiger partial charge on any atom is -0.357 e. The smallest absolute Gasteiger partial charge is 0.242 e. The zero-order valence-corrected chi connectivity index (χ0v) is 24.1. The predicted octanol–water partition coefficient (Wildman–Crippen LogP) is 5.04. The maximum absolute atomic E-state index is 12.4. The second-order valence-corrected chi connectivity index (χ2v) is 10.2. The van der Waals surface area contributed by atoms with Crippen molar-refractivity contribution in [1.82, 2.24) is 15.1 Å². The summed E-state index contributed by atoms with van der Waals surface area (Å²) in [6, 6.07) is 15.4. The highest BCUT2D eigenvalue weighted by molar-refractivity contribution is 6.30. The van der Waals surface area contributed by atoms with Gasteiger partial charge < -0.3 is 19.9 Å². The molecule has 0 saturated heterocycles. The van der Waals surface area contributed by atoms with E-state index in [4.69, 9.17) is 11.6 Å². The fraction of sp³-hybridized carbons (Fsp3) is 0.484. The summed E-state index contributed by atoms with van der Waals surface area (Å²) in [5, 5.41) is 12.9. The first-order chi connectivity index (χ1) is 18.9. The highest BCUT2D eigenvalue weighted by Gasteiger charge is 2.25. The standard InChI is InChI=1S/C31H41ClN4O3/c1-4-35(19-17-27(21-33)25-13-15-28(32)16-14-25)18-6-5-10-26-11-7-9-24(2)29(26)22-36(23-38)30(12-8-20-37)31(39)34-3/h7,9,11,13-16,20,23,27,30H,4-6,8,10,12,17-19,22H2,1-3H3,(H,34,39). The van der Waals surface area contributed by atoms with E-state index in [2.05, 4.69) is 29.3 Å². The number of nitriles is 1. The van der Waals surface area contributed by atoms with Crippen LogP contribution in [0.3, 0.4) is 0 Å². The van der Waals surface area contributed by atoms with Gasteiger partial charge >= 0.3 is 0 Å². The van der Waals surface area contributed by atoms with Crippen molar-refractivity contribution in [2.75, 3.05) is 26.7 Å². The van der Waals surface area contributed by atoms with Crippen LogP contribution in [-0.2, 0) is 27.3 Å². The summed E-state index contributed by atoms with van der Waals surface area (Å²) in [6.45, 7) is 7.20. The maximum Gasteiger partial charge on any atom is 0.242 e. The monoisotopic (exact) mass is 552 g/mol. The lowest BCUT2D eigenvalue weighted by Gasteiger charge is -2.28. The molecule has 39 heavy (non-hydrogen) atoms. The average molecular weight is 553 g/mol. The topological polar surface area (TPSA) is 93.5 Å². The molecule has 2 aromatic carbocycles. The number of benzene rings is 2. The van der Waals surface area contributed by atoms with E-state index >= 15 is 0 Å². The number of carbonyl (C=O) groups excluding carboxylic acids is 3. The summed E-state index contributed by atoms with van der Waals surface area (Å²) in [7, 11) is 1.54. The first kappa shape index (κ1) is 32.0. The molecule has 0 aliphatic rings. The Morgan fingerprint density at radius 2 is 1.85 bits per heavy atom. The maximum atomic E-state index is 12.4. The molecule has 0 radical (unpaired) electrons. The van der Waals surface area contributed by atoms with Gasteiger partial charge in [0.2, 0.25) is 12.3 Å². The number of hydrogen-bond donors (Lipinski definition) is 1. The Balaban J connectivity index is 1.97. The van der Waals surface area contributed by atoms with Crippen molar-refractivity contribution >= 4 is 30.2 Å². The number of likely N-dealkylation sites (N-methyl/N-ethyl adjacent to an activating group) is 1. The molecule has 0 saturated carbocycles. The Bertz CT molecular complexity index is 1100. The van der Waals surface area contributed by atoms with Gasteiger partial charge in [0.05, 0.1) is 12.0 Å². The summed E-state index contributed by atoms with van der Waals surface area (Å²) >= 11 is 5.99. The minimum absolute atomic E-state index is 0.155. The van der Waals surface area contributed by atoms with E-state index in [9.17, 15) is 19.6 Å². The van der Waals surface area contributed by atoms with Gasteiger partial charge in [-0.3, -0.25) is 9.59 Å². The molecule has 0 heterocycles. The van der Waals surface area contributed by atoms with Crippen LogP contribution in [0.2, 0.25) is 5.02 Å². The molecule has 0 bridgehead atoms. The van der Waals surface area contributed by atoms with Gasteiger partial charge in [-0.1, -0.05) is 48.9 Å². The molecule has 0 spiro atoms. The number of carbonyl (C=O) groups is 3. The molecule has 2 atom stereocenters. The summed E-state index contributed by atoms with van der Waals surface area (Å²) < 4.78 is 0. The van der Waals surface area contributed by atoms with Crippen LogP contribution in [0.25, 0.3) is 0 Å². The molecule has 0 aliphatic heterocycles. The van der Waals surface area contributed by atoms with E-state index in [1.165, 1.54) is 17.5 Å². The molecular formula is C31H41ClN4O3. The third-order valence-corrected chi connectivity index (χ3v) is 7.52. The van der Waals surface area contributed by atoms with Crippen molar-refractivity contribution in [3.8, 4) is 6.07 Å². The van der Waals surface area contributed by atoms with Crippen molar-refractivity contribution in [2.45, 2.75) is 70.9 Å². The number of nitrogens with zero attached hydrogens (tertiary/aromatic N) is 3. The zero-order chi connectivity index (χ0) is 28.6. The van der Waals surface area contributed by atoms with Crippen molar-refractivity contribution < 1.29 is 14.4 Å². The van der Waals surface area contributed by atoms with Gasteiger partial charge in [0, 0.05) is 25.0 Å². The highest BCUT2D eigenvalue weighted by atomic mass is 35.5. The Hall–Kier alpha value is -3.21. The number of nitrogens with one attached hydrogen (secondary N) is 1. The summed E-state index contributed by atoms with van der Waals surface area (Å²) in [6.07, 6.45) is 5.62. The Morgan fingerprint density at radius 1 is 1.10 bits per heavy atom. The first-order valence-corrected chi connectivity index (χ1v) is 14.1. The van der Waals surface area contributed by atoms with Crippen LogP contribution in [-0.4, -0.2) is 61.1 Å². The van der Waals surface area contributed by atoms with Gasteiger partial charge in [-0.2, -0.15) is 5.26 Å². The molecule has 2 aromatic rings. The number of rotatable bonds is 18. The Labute approximate surface area is 238 Å². The number of aldehydes is 1. The van der Waals surface area contributed by atoms with Gasteiger partial charge in [-0.05, 0) is 93.0 Å². The molecule has 7 nitrogen and oxygen atoms in total. The number of unbranched alkanes of at least 4 members (excludes halogenated alkanes) is 1. The third kappa shape index (κ3) is 10.1. The molecule has 1 N–H and O–H groups in total. The normalized spacial score (nSPS) is 12.4. The van der Waals surface area contributed by atoms with Crippen LogP contribution in [0.1, 0.15) is 67.2 Å². The Kier molecular flexibility index (Phi) is 14.3. The van der Waals surface area contributed by atoms with Crippen molar-refractivity contribution in [3.63, 3.8) is 0 Å². The van der Waals surface area contributed by atoms with E-state index in [0.29, 0.717) is 24.4 Å². The van der Waals surface area contributed by atoms with Gasteiger partial charge in [0.25, 0.3) is 0 Å². The van der Waals surface area contributed by atoms with Crippen LogP contribution in [0.15, 0.2) is 42.5 Å². The lowest BCUT2D eigenvalue weighted by Crippen LogP contribution is -2.45. The van der Waals surface area contributed by atoms with Crippen LogP contribution in [0.5, 0.6) is 0 Å². The van der Waals surface area contributed by atoms with Gasteiger partial charge in [-0.25, -0.2) is 0 Å². The number of hydrogen-bond acceptors (Lipinski definition) is 5. The zero-order valence-electron chi connectivity index (χ0n) is 23.4. The molecule has 2 amide bonds. The second-order valence-electron chi connectivity index (χ2n) is 9.78. The van der Waals surface area contributed by atoms with E-state index in [0.717, 1.165) is 68.3 Å². The molecule has 2 rings (SSSR count). The molecule has 0 aliphatic carbocycles. The summed E-state index contributed by atoms with van der Waals surface area (Å²) in [5.41, 5.74) is 4.30. The van der Waals surface area contributed by atoms with Crippen molar-refractivity contribution in [2.24, 2.45) is 0 Å². The predicted molar refractivity (Wildman–Crippen MR) is 155 cm³/mol. The number of halogens is 1. The molecule has 0 aromatic heterocycles. The SMILES string of the molecule is CCN(CCCCc1cccc(C)c1CN(C=O)C(CCC=O)C(=O)NC)CCC(C#N)c1ccc(Cl)cc1. The summed E-state index contributed by atoms with van der Waals surface area (Å²) in [4.78, 5) is 39.2. The van der Waals surface area contributed by atoms with Crippen molar-refractivity contribution in [3.05, 3.63) is 69.7 Å². The fourth-order valence-electron chi connectivity index (χ4n) is 4.86. The highest BCUT2D eigenvalue weighted by Crippen LogP contribution is 2.23. The minimum atomic E-state index is -0.687. The fourth-order valence-corrected chi connectivity index (χ4v) is 4.98. The lowest BCUT2D eigenvalue weighted by atomic mass is 9.96. The molecule has 2 unspecified atom stereocenters. The third-order valence-electron chi connectivity index (χ3n) is 7.27. The van der Waals surface area contributed by atoms with Crippen LogP contribution in [0, 0.1) is 18.3 Å². The quantitative estimate of drug-likeness (QED) is 0.206. The lowest BCUT2D eigenvalue weighted by molar-refractivity contribution is -0.133. The average Bonchev–Trinajstić information content (AvgIpc) is 2.95. The molecule has 0 fully saturated rings. The van der Waals surface area contributed by atoms with E-state index in [1.54, 1.807) is 0 Å². The van der Waals surface area contributed by atoms with E-state index in [1.807, 2.05) is 43.3 Å². The van der Waals surface area contributed by atoms with Gasteiger partial charge in [0.1, 0.15) is 12.3 Å². The molecular weight excluding hydrogens is 512 g/mol. The van der Waals surface area contributed by atoms with E-state index in [-0.39, 0.29) is 18.2 Å². The second kappa shape index (κ2) is 17.4. The van der Waals surface area contributed by atoms with Gasteiger partial charge in [0.15, 0.2) is 0 Å². The largest absolute Gasteiger partial charge is 0.357 e. The van der Waals surface area contributed by atoms with Crippen LogP contribution < -0.4 is 5.32 Å². The number of amides is 2. The first-order valence-electron chi connectivity index (χ1n) is 13.7. The van der Waals surface area contributed by atoms with Crippen LogP contribution in [0.4, 0.5) is 0 Å². The Morgan fingerprint density at radius 3 is 2.46 bits per heavy atom. The molecule has 210 valence electrons. The molecule has 8 heteroatoms. The van der Waals surface area contributed by atoms with Gasteiger partial charge in [-0.15, -0.1) is 0 Å². The summed E-state index contributed by atoms with van der Waals surface area (Å²) in [5.74, 6) is -0.425. The van der Waals surface area contributed by atoms with E-state index < -0.39 is 6.04 Å². The number of aryl methyl sites for hydroxylation is 2. The van der Waals surface area contributed by atoms with Crippen molar-refractivity contribution in [1.29, 1.82) is 5.26 Å². The van der Waals surface area contributed by atoms with Crippen LogP contribution >= 0.6 is 11.6 Å².